The molecule has 1 saturated heterocycles. The smallest absolute Gasteiger partial charge is 0.257 e. The number of para-hydroxylation sites is 3. The minimum atomic E-state index is -0.182. The molecule has 2 N–H and O–H groups in total. The first kappa shape index (κ1) is 18.0. The summed E-state index contributed by atoms with van der Waals surface area (Å²) in [5.74, 6) is 0.510. The Bertz CT molecular complexity index is 923. The molecule has 0 spiro atoms. The van der Waals surface area contributed by atoms with Crippen LogP contribution in [0.1, 0.15) is 10.4 Å². The predicted molar refractivity (Wildman–Crippen MR) is 111 cm³/mol. The molecule has 0 radical (unpaired) electrons. The van der Waals surface area contributed by atoms with Gasteiger partial charge in [0.2, 0.25) is 0 Å². The van der Waals surface area contributed by atoms with Crippen molar-refractivity contribution in [1.82, 2.24) is 4.98 Å². The van der Waals surface area contributed by atoms with Crippen LogP contribution in [-0.4, -0.2) is 37.2 Å². The molecule has 1 amide bonds. The van der Waals surface area contributed by atoms with Gasteiger partial charge in [0, 0.05) is 25.0 Å². The van der Waals surface area contributed by atoms with Crippen molar-refractivity contribution in [2.75, 3.05) is 41.8 Å². The van der Waals surface area contributed by atoms with Gasteiger partial charge in [-0.05, 0) is 36.4 Å². The highest BCUT2D eigenvalue weighted by molar-refractivity contribution is 6.04. The minimum Gasteiger partial charge on any atom is -0.378 e. The van der Waals surface area contributed by atoms with Crippen LogP contribution in [0.2, 0.25) is 0 Å². The molecular formula is C22H22N4O2. The Balaban J connectivity index is 1.46. The Morgan fingerprint density at radius 3 is 2.43 bits per heavy atom. The highest BCUT2D eigenvalue weighted by atomic mass is 16.5. The lowest BCUT2D eigenvalue weighted by atomic mass is 10.2. The standard InChI is InChI=1S/C22H22N4O2/c27-22(24-18-6-2-1-3-7-18)17-10-11-21(23-16-17)25-19-8-4-5-9-20(19)26-12-14-28-15-13-26/h1-11,16H,12-15H2,(H,23,25)(H,24,27). The molecule has 0 aliphatic carbocycles. The normalized spacial score (nSPS) is 13.8. The minimum absolute atomic E-state index is 0.182. The third-order valence-corrected chi connectivity index (χ3v) is 4.58. The number of hydrogen-bond acceptors (Lipinski definition) is 5. The summed E-state index contributed by atoms with van der Waals surface area (Å²) in [6, 6.07) is 21.1. The van der Waals surface area contributed by atoms with Crippen LogP contribution in [0.5, 0.6) is 0 Å². The molecule has 2 aromatic carbocycles. The summed E-state index contributed by atoms with van der Waals surface area (Å²) in [6.07, 6.45) is 1.58. The summed E-state index contributed by atoms with van der Waals surface area (Å²) >= 11 is 0. The van der Waals surface area contributed by atoms with E-state index in [-0.39, 0.29) is 5.91 Å². The quantitative estimate of drug-likeness (QED) is 0.709. The molecule has 6 nitrogen and oxygen atoms in total. The van der Waals surface area contributed by atoms with Gasteiger partial charge in [-0.1, -0.05) is 30.3 Å². The first-order valence-electron chi connectivity index (χ1n) is 9.31. The molecule has 1 fully saturated rings. The number of pyridine rings is 1. The van der Waals surface area contributed by atoms with Gasteiger partial charge in [-0.15, -0.1) is 0 Å². The molecule has 0 saturated carbocycles. The van der Waals surface area contributed by atoms with E-state index in [0.717, 1.165) is 43.4 Å². The second-order valence-corrected chi connectivity index (χ2v) is 6.49. The number of carbonyl (C=O) groups excluding carboxylic acids is 1. The number of ether oxygens (including phenoxy) is 1. The van der Waals surface area contributed by atoms with E-state index in [1.54, 1.807) is 12.3 Å². The predicted octanol–water partition coefficient (Wildman–Crippen LogP) is 3.91. The monoisotopic (exact) mass is 374 g/mol. The maximum Gasteiger partial charge on any atom is 0.257 e. The van der Waals surface area contributed by atoms with Gasteiger partial charge in [0.15, 0.2) is 0 Å². The van der Waals surface area contributed by atoms with E-state index >= 15 is 0 Å². The van der Waals surface area contributed by atoms with Crippen molar-refractivity contribution in [3.8, 4) is 0 Å². The molecule has 6 heteroatoms. The molecule has 1 aliphatic rings. The van der Waals surface area contributed by atoms with E-state index < -0.39 is 0 Å². The molecule has 0 unspecified atom stereocenters. The maximum absolute atomic E-state index is 12.4. The lowest BCUT2D eigenvalue weighted by Crippen LogP contribution is -2.36. The Morgan fingerprint density at radius 2 is 1.68 bits per heavy atom. The highest BCUT2D eigenvalue weighted by Crippen LogP contribution is 2.28. The van der Waals surface area contributed by atoms with Crippen LogP contribution in [0.3, 0.4) is 0 Å². The number of benzene rings is 2. The van der Waals surface area contributed by atoms with Crippen LogP contribution in [0, 0.1) is 0 Å². The summed E-state index contributed by atoms with van der Waals surface area (Å²) in [6.45, 7) is 3.20. The summed E-state index contributed by atoms with van der Waals surface area (Å²) in [5.41, 5.74) is 3.38. The number of rotatable bonds is 5. The second-order valence-electron chi connectivity index (χ2n) is 6.49. The number of aromatic nitrogens is 1. The molecular weight excluding hydrogens is 352 g/mol. The average Bonchev–Trinajstić information content (AvgIpc) is 2.76. The highest BCUT2D eigenvalue weighted by Gasteiger charge is 2.15. The van der Waals surface area contributed by atoms with Crippen molar-refractivity contribution in [3.63, 3.8) is 0 Å². The largest absolute Gasteiger partial charge is 0.378 e. The molecule has 0 atom stereocenters. The zero-order valence-corrected chi connectivity index (χ0v) is 15.5. The molecule has 142 valence electrons. The first-order chi connectivity index (χ1) is 13.8. The maximum atomic E-state index is 12.4. The summed E-state index contributed by atoms with van der Waals surface area (Å²) in [7, 11) is 0. The van der Waals surface area contributed by atoms with Gasteiger partial charge in [-0.2, -0.15) is 0 Å². The third kappa shape index (κ3) is 4.29. The number of carbonyl (C=O) groups is 1. The van der Waals surface area contributed by atoms with E-state index in [0.29, 0.717) is 11.4 Å². The first-order valence-corrected chi connectivity index (χ1v) is 9.31. The van der Waals surface area contributed by atoms with E-state index in [1.807, 2.05) is 54.6 Å². The van der Waals surface area contributed by atoms with Crippen molar-refractivity contribution in [2.45, 2.75) is 0 Å². The van der Waals surface area contributed by atoms with E-state index in [4.69, 9.17) is 4.74 Å². The summed E-state index contributed by atoms with van der Waals surface area (Å²) < 4.78 is 5.45. The molecule has 3 aromatic rings. The Morgan fingerprint density at radius 1 is 0.929 bits per heavy atom. The van der Waals surface area contributed by atoms with Crippen molar-refractivity contribution in [1.29, 1.82) is 0 Å². The van der Waals surface area contributed by atoms with Crippen LogP contribution < -0.4 is 15.5 Å². The van der Waals surface area contributed by atoms with E-state index in [9.17, 15) is 4.79 Å². The Hall–Kier alpha value is -3.38. The number of anilines is 4. The number of hydrogen-bond donors (Lipinski definition) is 2. The number of amides is 1. The molecule has 4 rings (SSSR count). The summed E-state index contributed by atoms with van der Waals surface area (Å²) in [4.78, 5) is 19.1. The van der Waals surface area contributed by atoms with Gasteiger partial charge in [0.25, 0.3) is 5.91 Å². The topological polar surface area (TPSA) is 66.5 Å². The third-order valence-electron chi connectivity index (χ3n) is 4.58. The van der Waals surface area contributed by atoms with E-state index in [2.05, 4.69) is 26.6 Å². The van der Waals surface area contributed by atoms with Crippen LogP contribution in [0.15, 0.2) is 72.9 Å². The van der Waals surface area contributed by atoms with Gasteiger partial charge in [-0.25, -0.2) is 4.98 Å². The van der Waals surface area contributed by atoms with Crippen LogP contribution in [0.25, 0.3) is 0 Å². The average molecular weight is 374 g/mol. The lowest BCUT2D eigenvalue weighted by molar-refractivity contribution is 0.102. The zero-order chi connectivity index (χ0) is 19.2. The second kappa shape index (κ2) is 8.54. The Kier molecular flexibility index (Phi) is 5.49. The summed E-state index contributed by atoms with van der Waals surface area (Å²) in [5, 5.41) is 6.22. The molecule has 0 bridgehead atoms. The van der Waals surface area contributed by atoms with E-state index in [1.165, 1.54) is 0 Å². The SMILES string of the molecule is O=C(Nc1ccccc1)c1ccc(Nc2ccccc2N2CCOCC2)nc1. The van der Waals surface area contributed by atoms with Gasteiger partial charge in [0.05, 0.1) is 30.2 Å². The van der Waals surface area contributed by atoms with Gasteiger partial charge in [0.1, 0.15) is 5.82 Å². The lowest BCUT2D eigenvalue weighted by Gasteiger charge is -2.30. The van der Waals surface area contributed by atoms with Crippen molar-refractivity contribution < 1.29 is 9.53 Å². The number of nitrogens with one attached hydrogen (secondary N) is 2. The number of nitrogens with zero attached hydrogens (tertiary/aromatic N) is 2. The molecule has 2 heterocycles. The van der Waals surface area contributed by atoms with Gasteiger partial charge in [-0.3, -0.25) is 4.79 Å². The van der Waals surface area contributed by atoms with Crippen molar-refractivity contribution in [3.05, 3.63) is 78.5 Å². The fraction of sp³-hybridized carbons (Fsp3) is 0.182. The Labute approximate surface area is 164 Å². The fourth-order valence-electron chi connectivity index (χ4n) is 3.12. The van der Waals surface area contributed by atoms with Crippen LogP contribution >= 0.6 is 0 Å². The molecule has 1 aliphatic heterocycles. The molecule has 28 heavy (non-hydrogen) atoms. The van der Waals surface area contributed by atoms with Crippen LogP contribution in [-0.2, 0) is 4.74 Å². The van der Waals surface area contributed by atoms with Crippen molar-refractivity contribution >= 4 is 28.8 Å². The molecule has 1 aromatic heterocycles. The van der Waals surface area contributed by atoms with Gasteiger partial charge < -0.3 is 20.3 Å². The van der Waals surface area contributed by atoms with Crippen molar-refractivity contribution in [2.24, 2.45) is 0 Å². The number of morpholine rings is 1. The van der Waals surface area contributed by atoms with Crippen LogP contribution in [0.4, 0.5) is 22.9 Å². The van der Waals surface area contributed by atoms with Gasteiger partial charge >= 0.3 is 0 Å². The zero-order valence-electron chi connectivity index (χ0n) is 15.5. The fourth-order valence-corrected chi connectivity index (χ4v) is 3.12.